The van der Waals surface area contributed by atoms with Crippen LogP contribution in [0.15, 0.2) is 49.1 Å². The number of aromatic nitrogens is 2. The summed E-state index contributed by atoms with van der Waals surface area (Å²) < 4.78 is 0. The van der Waals surface area contributed by atoms with Crippen LogP contribution in [-0.2, 0) is 6.54 Å². The fraction of sp³-hybridized carbons (Fsp3) is 0.200. The predicted molar refractivity (Wildman–Crippen MR) is 79.7 cm³/mol. The average Bonchev–Trinajstić information content (AvgIpc) is 2.99. The molecule has 2 aromatic rings. The van der Waals surface area contributed by atoms with E-state index in [4.69, 9.17) is 0 Å². The maximum Gasteiger partial charge on any atom is 0.147 e. The van der Waals surface area contributed by atoms with Gasteiger partial charge in [-0.05, 0) is 35.9 Å². The van der Waals surface area contributed by atoms with E-state index < -0.39 is 0 Å². The highest BCUT2D eigenvalue weighted by Gasteiger charge is 2.16. The van der Waals surface area contributed by atoms with Crippen LogP contribution in [0.25, 0.3) is 5.57 Å². The number of nitrogens with one attached hydrogen (secondary N) is 2. The Morgan fingerprint density at radius 2 is 2.25 bits per heavy atom. The van der Waals surface area contributed by atoms with Crippen molar-refractivity contribution < 1.29 is 0 Å². The summed E-state index contributed by atoms with van der Waals surface area (Å²) in [5.74, 6) is 0.917. The molecule has 2 N–H and O–H groups in total. The third-order valence-corrected chi connectivity index (χ3v) is 3.22. The average molecular weight is 267 g/mol. The van der Waals surface area contributed by atoms with Gasteiger partial charge in [-0.2, -0.15) is 0 Å². The number of hydrogen-bond donors (Lipinski definition) is 2. The summed E-state index contributed by atoms with van der Waals surface area (Å²) in [5.41, 5.74) is 6.76. The zero-order chi connectivity index (χ0) is 13.8. The Morgan fingerprint density at radius 3 is 2.95 bits per heavy atom. The molecule has 0 spiro atoms. The van der Waals surface area contributed by atoms with Gasteiger partial charge in [0.15, 0.2) is 0 Å². The molecule has 0 saturated heterocycles. The van der Waals surface area contributed by atoms with E-state index in [0.717, 1.165) is 24.5 Å². The smallest absolute Gasteiger partial charge is 0.147 e. The van der Waals surface area contributed by atoms with E-state index in [9.17, 15) is 0 Å². The molecular weight excluding hydrogens is 250 g/mol. The molecule has 0 aromatic carbocycles. The van der Waals surface area contributed by atoms with Crippen molar-refractivity contribution in [2.24, 2.45) is 0 Å². The van der Waals surface area contributed by atoms with Gasteiger partial charge in [-0.1, -0.05) is 12.1 Å². The standard InChI is InChI=1S/C15H17N5/c1-16-7-12-4-5-15(18-8-12)20-11-14(10-19-20)13-3-2-6-17-9-13/h2-6,8-10,16,19H,7,11H2,1H3. The molecule has 5 heteroatoms. The van der Waals surface area contributed by atoms with Crippen molar-refractivity contribution in [2.75, 3.05) is 18.6 Å². The molecule has 5 nitrogen and oxygen atoms in total. The molecular formula is C15H17N5. The third-order valence-electron chi connectivity index (χ3n) is 3.22. The maximum atomic E-state index is 4.48. The summed E-state index contributed by atoms with van der Waals surface area (Å²) in [6, 6.07) is 8.12. The summed E-state index contributed by atoms with van der Waals surface area (Å²) in [6.07, 6.45) is 7.56. The minimum atomic E-state index is 0.782. The van der Waals surface area contributed by atoms with Gasteiger partial charge < -0.3 is 10.7 Å². The molecule has 0 saturated carbocycles. The summed E-state index contributed by atoms with van der Waals surface area (Å²) in [5, 5.41) is 5.13. The van der Waals surface area contributed by atoms with Crippen molar-refractivity contribution >= 4 is 11.4 Å². The largest absolute Gasteiger partial charge is 0.316 e. The van der Waals surface area contributed by atoms with Crippen LogP contribution in [0.3, 0.4) is 0 Å². The fourth-order valence-electron chi connectivity index (χ4n) is 2.18. The first-order valence-corrected chi connectivity index (χ1v) is 6.59. The molecule has 0 radical (unpaired) electrons. The Kier molecular flexibility index (Phi) is 3.60. The predicted octanol–water partition coefficient (Wildman–Crippen LogP) is 1.56. The fourth-order valence-corrected chi connectivity index (χ4v) is 2.18. The summed E-state index contributed by atoms with van der Waals surface area (Å²) in [6.45, 7) is 1.62. The first-order chi connectivity index (χ1) is 9.86. The van der Waals surface area contributed by atoms with Crippen molar-refractivity contribution in [1.82, 2.24) is 20.7 Å². The van der Waals surface area contributed by atoms with E-state index in [-0.39, 0.29) is 0 Å². The van der Waals surface area contributed by atoms with Gasteiger partial charge >= 0.3 is 0 Å². The number of hydrazine groups is 1. The molecule has 102 valence electrons. The first kappa shape index (κ1) is 12.6. The van der Waals surface area contributed by atoms with Crippen molar-refractivity contribution in [2.45, 2.75) is 6.54 Å². The van der Waals surface area contributed by atoms with E-state index in [2.05, 4.69) is 32.8 Å². The van der Waals surface area contributed by atoms with Crippen LogP contribution in [-0.4, -0.2) is 23.6 Å². The Balaban J connectivity index is 1.69. The van der Waals surface area contributed by atoms with Crippen molar-refractivity contribution in [3.05, 3.63) is 60.2 Å². The molecule has 0 amide bonds. The van der Waals surface area contributed by atoms with Gasteiger partial charge in [-0.3, -0.25) is 9.99 Å². The van der Waals surface area contributed by atoms with Gasteiger partial charge in [-0.25, -0.2) is 4.98 Å². The molecule has 2 aromatic heterocycles. The van der Waals surface area contributed by atoms with Crippen LogP contribution in [0, 0.1) is 0 Å². The lowest BCUT2D eigenvalue weighted by atomic mass is 10.1. The van der Waals surface area contributed by atoms with Crippen molar-refractivity contribution in [1.29, 1.82) is 0 Å². The Labute approximate surface area is 118 Å². The molecule has 0 aliphatic carbocycles. The second-order valence-corrected chi connectivity index (χ2v) is 4.68. The van der Waals surface area contributed by atoms with Gasteiger partial charge in [0.1, 0.15) is 5.82 Å². The quantitative estimate of drug-likeness (QED) is 0.880. The number of pyridine rings is 2. The number of rotatable bonds is 4. The summed E-state index contributed by atoms with van der Waals surface area (Å²) in [4.78, 5) is 8.63. The highest BCUT2D eigenvalue weighted by molar-refractivity contribution is 5.71. The van der Waals surface area contributed by atoms with Crippen LogP contribution in [0.2, 0.25) is 0 Å². The third kappa shape index (κ3) is 2.62. The minimum Gasteiger partial charge on any atom is -0.316 e. The van der Waals surface area contributed by atoms with Gasteiger partial charge in [0.05, 0.1) is 6.54 Å². The monoisotopic (exact) mass is 267 g/mol. The normalized spacial score (nSPS) is 14.1. The molecule has 20 heavy (non-hydrogen) atoms. The lowest BCUT2D eigenvalue weighted by Gasteiger charge is -2.18. The highest BCUT2D eigenvalue weighted by Crippen LogP contribution is 2.21. The van der Waals surface area contributed by atoms with Gasteiger partial charge in [0, 0.05) is 31.3 Å². The molecule has 3 rings (SSSR count). The molecule has 0 bridgehead atoms. The maximum absolute atomic E-state index is 4.48. The number of anilines is 1. The van der Waals surface area contributed by atoms with Gasteiger partial charge in [-0.15, -0.1) is 0 Å². The van der Waals surface area contributed by atoms with Gasteiger partial charge in [0.25, 0.3) is 0 Å². The molecule has 0 fully saturated rings. The Morgan fingerprint density at radius 1 is 1.30 bits per heavy atom. The zero-order valence-corrected chi connectivity index (χ0v) is 11.4. The molecule has 1 aliphatic heterocycles. The SMILES string of the molecule is CNCc1ccc(N2CC(c3cccnc3)=CN2)nc1. The lowest BCUT2D eigenvalue weighted by Crippen LogP contribution is -2.30. The van der Waals surface area contributed by atoms with Crippen LogP contribution in [0.1, 0.15) is 11.1 Å². The van der Waals surface area contributed by atoms with E-state index in [0.29, 0.717) is 0 Å². The van der Waals surface area contributed by atoms with E-state index in [1.165, 1.54) is 11.1 Å². The van der Waals surface area contributed by atoms with Crippen LogP contribution in [0.4, 0.5) is 5.82 Å². The van der Waals surface area contributed by atoms with Crippen LogP contribution >= 0.6 is 0 Å². The Bertz CT molecular complexity index is 591. The van der Waals surface area contributed by atoms with Gasteiger partial charge in [0.2, 0.25) is 0 Å². The van der Waals surface area contributed by atoms with Crippen LogP contribution < -0.4 is 15.8 Å². The molecule has 3 heterocycles. The van der Waals surface area contributed by atoms with Crippen molar-refractivity contribution in [3.8, 4) is 0 Å². The molecule has 0 unspecified atom stereocenters. The Hall–Kier alpha value is -2.40. The lowest BCUT2D eigenvalue weighted by molar-refractivity contribution is 0.798. The van der Waals surface area contributed by atoms with E-state index >= 15 is 0 Å². The van der Waals surface area contributed by atoms with Crippen molar-refractivity contribution in [3.63, 3.8) is 0 Å². The second-order valence-electron chi connectivity index (χ2n) is 4.68. The van der Waals surface area contributed by atoms with E-state index in [1.54, 1.807) is 6.20 Å². The summed E-state index contributed by atoms with van der Waals surface area (Å²) >= 11 is 0. The highest BCUT2D eigenvalue weighted by atomic mass is 15.5. The first-order valence-electron chi connectivity index (χ1n) is 6.59. The second kappa shape index (κ2) is 5.71. The topological polar surface area (TPSA) is 53.1 Å². The molecule has 0 atom stereocenters. The number of nitrogens with zero attached hydrogens (tertiary/aromatic N) is 3. The zero-order valence-electron chi connectivity index (χ0n) is 11.4. The van der Waals surface area contributed by atoms with E-state index in [1.807, 2.05) is 42.8 Å². The van der Waals surface area contributed by atoms with Crippen LogP contribution in [0.5, 0.6) is 0 Å². The summed E-state index contributed by atoms with van der Waals surface area (Å²) in [7, 11) is 1.93. The minimum absolute atomic E-state index is 0.782. The number of hydrogen-bond acceptors (Lipinski definition) is 5. The molecule has 1 aliphatic rings.